The predicted molar refractivity (Wildman–Crippen MR) is 165 cm³/mol. The maximum absolute atomic E-state index is 10.3. The lowest BCUT2D eigenvalue weighted by molar-refractivity contribution is -0.459. The fourth-order valence-electron chi connectivity index (χ4n) is 5.96. The van der Waals surface area contributed by atoms with Gasteiger partial charge in [0.2, 0.25) is 0 Å². The molecule has 4 aliphatic rings. The van der Waals surface area contributed by atoms with E-state index in [9.17, 15) is 4.79 Å². The Kier molecular flexibility index (Phi) is 15.1. The summed E-state index contributed by atoms with van der Waals surface area (Å²) in [5, 5.41) is 0. The predicted octanol–water partition coefficient (Wildman–Crippen LogP) is 9.19. The summed E-state index contributed by atoms with van der Waals surface area (Å²) in [6.45, 7) is 28.2. The van der Waals surface area contributed by atoms with Crippen LogP contribution in [0.5, 0.6) is 0 Å². The number of fused-ring (bicyclic) bond motifs is 3. The zero-order chi connectivity index (χ0) is 29.9. The van der Waals surface area contributed by atoms with Crippen LogP contribution in [0.1, 0.15) is 134 Å². The molecule has 0 amide bonds. The quantitative estimate of drug-likeness (QED) is 0.212. The summed E-state index contributed by atoms with van der Waals surface area (Å²) >= 11 is 0. The van der Waals surface area contributed by atoms with Gasteiger partial charge in [0.15, 0.2) is 0 Å². The topological polar surface area (TPSA) is 57.1 Å². The average Bonchev–Trinajstić information content (AvgIpc) is 2.78. The second-order valence-electron chi connectivity index (χ2n) is 14.3. The fraction of sp³-hybridized carbons (Fsp3) is 0.882. The van der Waals surface area contributed by atoms with Gasteiger partial charge in [0.25, 0.3) is 5.97 Å². The molecule has 39 heavy (non-hydrogen) atoms. The number of Topliss-reactive ketones (excluding diaryl/α,β-unsaturated/α-hetero) is 1. The van der Waals surface area contributed by atoms with Crippen molar-refractivity contribution in [1.29, 1.82) is 0 Å². The van der Waals surface area contributed by atoms with Crippen LogP contribution in [0.4, 0.5) is 0 Å². The molecule has 0 aromatic carbocycles. The van der Waals surface area contributed by atoms with Crippen molar-refractivity contribution >= 4 is 11.5 Å². The van der Waals surface area contributed by atoms with Gasteiger partial charge >= 0.3 is 0 Å². The van der Waals surface area contributed by atoms with Crippen LogP contribution in [0.15, 0.2) is 16.6 Å². The lowest BCUT2D eigenvalue weighted by atomic mass is 9.72. The van der Waals surface area contributed by atoms with E-state index in [2.05, 4.69) is 61.5 Å². The minimum Gasteiger partial charge on any atom is -0.327 e. The van der Waals surface area contributed by atoms with E-state index in [0.717, 1.165) is 50.9 Å². The van der Waals surface area contributed by atoms with Crippen LogP contribution in [0, 0.1) is 28.6 Å². The monoisotopic (exact) mass is 549 g/mol. The third-order valence-electron chi connectivity index (χ3n) is 7.79. The summed E-state index contributed by atoms with van der Waals surface area (Å²) in [5.41, 5.74) is 3.42. The van der Waals surface area contributed by atoms with Gasteiger partial charge in [0.1, 0.15) is 5.78 Å². The summed E-state index contributed by atoms with van der Waals surface area (Å²) in [5.74, 6) is 1.55. The Balaban J connectivity index is 0.000000348. The molecule has 3 heterocycles. The first-order valence-corrected chi connectivity index (χ1v) is 15.6. The van der Waals surface area contributed by atoms with Crippen LogP contribution >= 0.6 is 0 Å². The summed E-state index contributed by atoms with van der Waals surface area (Å²) in [7, 11) is 0. The summed E-state index contributed by atoms with van der Waals surface area (Å²) in [6.07, 6.45) is 11.9. The maximum atomic E-state index is 10.3. The Morgan fingerprint density at radius 1 is 0.872 bits per heavy atom. The molecule has 2 atom stereocenters. The highest BCUT2D eigenvalue weighted by molar-refractivity contribution is 5.82. The van der Waals surface area contributed by atoms with Crippen molar-refractivity contribution in [3.8, 4) is 0 Å². The Labute approximate surface area is 241 Å². The molecule has 1 aliphatic carbocycles. The van der Waals surface area contributed by atoms with Crippen LogP contribution in [-0.2, 0) is 19.0 Å². The lowest BCUT2D eigenvalue weighted by Gasteiger charge is -2.50. The first-order chi connectivity index (χ1) is 18.0. The number of carbonyl (C=O) groups excluding carboxylic acids is 1. The van der Waals surface area contributed by atoms with Crippen molar-refractivity contribution < 1.29 is 19.0 Å². The number of nitrogens with zero attached hydrogens (tertiary/aromatic N) is 1. The van der Waals surface area contributed by atoms with Crippen molar-refractivity contribution in [2.45, 2.75) is 146 Å². The molecule has 1 saturated carbocycles. The van der Waals surface area contributed by atoms with Gasteiger partial charge in [-0.25, -0.2) is 0 Å². The first-order valence-electron chi connectivity index (χ1n) is 15.6. The van der Waals surface area contributed by atoms with Gasteiger partial charge in [0.05, 0.1) is 25.9 Å². The zero-order valence-electron chi connectivity index (χ0n) is 27.7. The average molecular weight is 550 g/mol. The molecule has 5 heteroatoms. The molecule has 2 bridgehead atoms. The third-order valence-corrected chi connectivity index (χ3v) is 7.79. The number of aliphatic imine (C=N–C) groups is 1. The minimum atomic E-state index is -0.739. The Hall–Kier alpha value is -1.04. The number of ether oxygens (including phenoxy) is 3. The number of allylic oxidation sites excluding steroid dienone is 2. The SMILES string of the molecule is CC(=CC1(C)CCCC(N=C(C)CC(C)C)C1)CC(C)C.CC(=O)CC(C)C.CCC12COC(C)(OC1)OC2. The molecule has 0 radical (unpaired) electrons. The number of carbonyl (C=O) groups is 1. The number of rotatable bonds is 9. The van der Waals surface area contributed by atoms with Gasteiger partial charge < -0.3 is 19.0 Å². The van der Waals surface area contributed by atoms with Crippen molar-refractivity contribution in [3.05, 3.63) is 11.6 Å². The number of ketones is 1. The highest BCUT2D eigenvalue weighted by Crippen LogP contribution is 2.41. The second-order valence-corrected chi connectivity index (χ2v) is 14.3. The summed E-state index contributed by atoms with van der Waals surface area (Å²) < 4.78 is 16.2. The van der Waals surface area contributed by atoms with Crippen LogP contribution in [0.3, 0.4) is 0 Å². The molecule has 2 unspecified atom stereocenters. The third kappa shape index (κ3) is 14.4. The van der Waals surface area contributed by atoms with Gasteiger partial charge in [-0.05, 0) is 82.5 Å². The van der Waals surface area contributed by atoms with E-state index in [1.54, 1.807) is 12.5 Å². The van der Waals surface area contributed by atoms with Crippen LogP contribution in [0.2, 0.25) is 0 Å². The van der Waals surface area contributed by atoms with E-state index in [4.69, 9.17) is 19.2 Å². The maximum Gasteiger partial charge on any atom is 0.279 e. The molecule has 3 aliphatic heterocycles. The molecule has 0 aromatic heterocycles. The fourth-order valence-corrected chi connectivity index (χ4v) is 5.96. The van der Waals surface area contributed by atoms with Gasteiger partial charge in [0, 0.05) is 24.5 Å². The van der Waals surface area contributed by atoms with Gasteiger partial charge in [-0.2, -0.15) is 0 Å². The van der Waals surface area contributed by atoms with Gasteiger partial charge in [-0.3, -0.25) is 4.99 Å². The van der Waals surface area contributed by atoms with Crippen molar-refractivity contribution in [2.75, 3.05) is 19.8 Å². The molecule has 0 N–H and O–H groups in total. The molecule has 228 valence electrons. The highest BCUT2D eigenvalue weighted by Gasteiger charge is 2.48. The highest BCUT2D eigenvalue weighted by atomic mass is 16.9. The van der Waals surface area contributed by atoms with E-state index in [0.29, 0.717) is 17.4 Å². The van der Waals surface area contributed by atoms with Crippen LogP contribution in [0.25, 0.3) is 0 Å². The smallest absolute Gasteiger partial charge is 0.279 e. The van der Waals surface area contributed by atoms with Crippen LogP contribution in [-0.4, -0.2) is 43.3 Å². The summed E-state index contributed by atoms with van der Waals surface area (Å²) in [6, 6.07) is 0.547. The van der Waals surface area contributed by atoms with Crippen molar-refractivity contribution in [3.63, 3.8) is 0 Å². The van der Waals surface area contributed by atoms with E-state index in [1.165, 1.54) is 37.8 Å². The lowest BCUT2D eigenvalue weighted by Crippen LogP contribution is -2.58. The van der Waals surface area contributed by atoms with Crippen LogP contribution < -0.4 is 0 Å². The summed E-state index contributed by atoms with van der Waals surface area (Å²) in [4.78, 5) is 15.3. The van der Waals surface area contributed by atoms with E-state index in [-0.39, 0.29) is 11.2 Å². The zero-order valence-corrected chi connectivity index (χ0v) is 27.7. The largest absolute Gasteiger partial charge is 0.327 e. The molecule has 3 saturated heterocycles. The van der Waals surface area contributed by atoms with E-state index < -0.39 is 5.97 Å². The van der Waals surface area contributed by atoms with E-state index >= 15 is 0 Å². The van der Waals surface area contributed by atoms with E-state index in [1.807, 2.05) is 20.8 Å². The molecular weight excluding hydrogens is 486 g/mol. The molecular formula is C34H63NO4. The molecule has 4 rings (SSSR count). The Morgan fingerprint density at radius 3 is 1.79 bits per heavy atom. The second kappa shape index (κ2) is 16.4. The normalized spacial score (nSPS) is 31.1. The van der Waals surface area contributed by atoms with Gasteiger partial charge in [-0.1, -0.05) is 73.5 Å². The van der Waals surface area contributed by atoms with Gasteiger partial charge in [-0.15, -0.1) is 0 Å². The molecule has 0 spiro atoms. The van der Waals surface area contributed by atoms with Crippen molar-refractivity contribution in [1.82, 2.24) is 0 Å². The van der Waals surface area contributed by atoms with Crippen molar-refractivity contribution in [2.24, 2.45) is 33.6 Å². The molecule has 4 fully saturated rings. The molecule has 0 aromatic rings. The number of hydrogen-bond donors (Lipinski definition) is 0. The molecule has 5 nitrogen and oxygen atoms in total. The minimum absolute atomic E-state index is 0.137. The Morgan fingerprint density at radius 2 is 1.38 bits per heavy atom. The standard InChI is InChI=1S/C20H37N.C8H14O3.C6H12O/c1-15(2)11-17(5)13-20(7)10-8-9-19(14-20)21-18(6)12-16(3)4;1-3-8-4-9-7(2,10-5-8)11-6-8;1-5(2)4-6(3)7/h13,15-16,19H,8-12,14H2,1-7H3;3-6H2,1-2H3;5H,4H2,1-3H3. The Bertz CT molecular complexity index is 772. The number of hydrogen-bond acceptors (Lipinski definition) is 5. The first kappa shape index (κ1) is 36.0.